The molecule has 0 aliphatic carbocycles. The third-order valence-electron chi connectivity index (χ3n) is 2.30. The Hall–Kier alpha value is -1.15. The molecule has 0 atom stereocenters. The zero-order valence-electron chi connectivity index (χ0n) is 8.91. The normalized spacial score (nSPS) is 11.4. The van der Waals surface area contributed by atoms with Crippen molar-refractivity contribution in [2.24, 2.45) is 0 Å². The number of benzene rings is 1. The largest absolute Gasteiger partial charge is 0.380 e. The molecule has 2 heteroatoms. The Kier molecular flexibility index (Phi) is 3.42. The van der Waals surface area contributed by atoms with Crippen molar-refractivity contribution in [2.75, 3.05) is 7.11 Å². The van der Waals surface area contributed by atoms with Gasteiger partial charge in [-0.2, -0.15) is 0 Å². The number of ether oxygens (including phenoxy) is 1. The Balaban J connectivity index is 2.88. The Morgan fingerprint density at radius 3 is 2.29 bits per heavy atom. The fraction of sp³-hybridized carbons (Fsp3) is 0.417. The van der Waals surface area contributed by atoms with Gasteiger partial charge in [0.05, 0.1) is 6.61 Å². The summed E-state index contributed by atoms with van der Waals surface area (Å²) in [5, 5.41) is 0. The lowest BCUT2D eigenvalue weighted by Crippen LogP contribution is -2.18. The van der Waals surface area contributed by atoms with E-state index in [1.54, 1.807) is 7.11 Å². The van der Waals surface area contributed by atoms with Gasteiger partial charge in [-0.05, 0) is 25.0 Å². The van der Waals surface area contributed by atoms with E-state index in [0.29, 0.717) is 6.61 Å². The van der Waals surface area contributed by atoms with Crippen LogP contribution < -0.4 is 0 Å². The smallest absolute Gasteiger partial charge is 0.129 e. The number of methoxy groups -OCH3 is 1. The van der Waals surface area contributed by atoms with E-state index in [2.05, 4.69) is 0 Å². The van der Waals surface area contributed by atoms with Gasteiger partial charge >= 0.3 is 0 Å². The molecule has 1 rings (SSSR count). The highest BCUT2D eigenvalue weighted by molar-refractivity contribution is 5.67. The van der Waals surface area contributed by atoms with E-state index in [0.717, 1.165) is 17.4 Å². The number of rotatable bonds is 4. The Morgan fingerprint density at radius 1 is 1.29 bits per heavy atom. The molecular formula is C12H16O2. The first kappa shape index (κ1) is 10.9. The van der Waals surface area contributed by atoms with E-state index in [4.69, 9.17) is 4.74 Å². The minimum atomic E-state index is -0.397. The van der Waals surface area contributed by atoms with Crippen LogP contribution in [0.3, 0.4) is 0 Å². The molecule has 14 heavy (non-hydrogen) atoms. The molecule has 0 fully saturated rings. The number of carbonyl (C=O) groups excluding carboxylic acids is 1. The fourth-order valence-corrected chi connectivity index (χ4v) is 1.27. The second-order valence-electron chi connectivity index (χ2n) is 3.97. The van der Waals surface area contributed by atoms with Crippen LogP contribution in [0.2, 0.25) is 0 Å². The molecule has 0 bridgehead atoms. The third-order valence-corrected chi connectivity index (χ3v) is 2.30. The van der Waals surface area contributed by atoms with Gasteiger partial charge in [-0.1, -0.05) is 24.3 Å². The van der Waals surface area contributed by atoms with Crippen molar-refractivity contribution >= 4 is 6.29 Å². The van der Waals surface area contributed by atoms with Crippen LogP contribution >= 0.6 is 0 Å². The van der Waals surface area contributed by atoms with Gasteiger partial charge in [-0.3, -0.25) is 0 Å². The van der Waals surface area contributed by atoms with Crippen molar-refractivity contribution in [3.63, 3.8) is 0 Å². The minimum absolute atomic E-state index is 0.397. The zero-order chi connectivity index (χ0) is 10.6. The molecule has 0 radical (unpaired) electrons. The van der Waals surface area contributed by atoms with Gasteiger partial charge in [0.25, 0.3) is 0 Å². The molecule has 0 aliphatic rings. The summed E-state index contributed by atoms with van der Waals surface area (Å²) < 4.78 is 5.01. The number of hydrogen-bond acceptors (Lipinski definition) is 2. The van der Waals surface area contributed by atoms with Crippen molar-refractivity contribution in [2.45, 2.75) is 25.9 Å². The summed E-state index contributed by atoms with van der Waals surface area (Å²) in [6.45, 7) is 4.43. The fourth-order valence-electron chi connectivity index (χ4n) is 1.27. The lowest BCUT2D eigenvalue weighted by molar-refractivity contribution is -0.111. The van der Waals surface area contributed by atoms with Gasteiger partial charge in [-0.15, -0.1) is 0 Å². The van der Waals surface area contributed by atoms with Gasteiger partial charge in [-0.25, -0.2) is 0 Å². The van der Waals surface area contributed by atoms with Gasteiger partial charge in [0.2, 0.25) is 0 Å². The third kappa shape index (κ3) is 2.42. The summed E-state index contributed by atoms with van der Waals surface area (Å²) in [5.74, 6) is 0. The number of hydrogen-bond donors (Lipinski definition) is 0. The molecular weight excluding hydrogens is 176 g/mol. The van der Waals surface area contributed by atoms with Crippen LogP contribution in [0, 0.1) is 0 Å². The van der Waals surface area contributed by atoms with Crippen LogP contribution in [0.5, 0.6) is 0 Å². The van der Waals surface area contributed by atoms with E-state index in [-0.39, 0.29) is 0 Å². The maximum absolute atomic E-state index is 10.8. The molecule has 0 saturated carbocycles. The van der Waals surface area contributed by atoms with Gasteiger partial charge in [0.1, 0.15) is 6.29 Å². The highest BCUT2D eigenvalue weighted by Crippen LogP contribution is 2.20. The number of carbonyl (C=O) groups is 1. The van der Waals surface area contributed by atoms with E-state index in [1.165, 1.54) is 0 Å². The summed E-state index contributed by atoms with van der Waals surface area (Å²) in [5.41, 5.74) is 1.76. The molecule has 1 aromatic rings. The Bertz CT molecular complexity index is 299. The number of aldehydes is 1. The molecule has 1 aromatic carbocycles. The summed E-state index contributed by atoms with van der Waals surface area (Å²) in [4.78, 5) is 10.8. The molecule has 0 unspecified atom stereocenters. The quantitative estimate of drug-likeness (QED) is 0.684. The van der Waals surface area contributed by atoms with Crippen molar-refractivity contribution in [1.29, 1.82) is 0 Å². The lowest BCUT2D eigenvalue weighted by Gasteiger charge is -2.17. The predicted octanol–water partition coefficient (Wildman–Crippen LogP) is 2.31. The summed E-state index contributed by atoms with van der Waals surface area (Å²) >= 11 is 0. The maximum atomic E-state index is 10.8. The summed E-state index contributed by atoms with van der Waals surface area (Å²) in [6.07, 6.45) is 0.971. The van der Waals surface area contributed by atoms with E-state index in [9.17, 15) is 4.79 Å². The molecule has 0 saturated heterocycles. The van der Waals surface area contributed by atoms with Gasteiger partial charge in [0.15, 0.2) is 0 Å². The highest BCUT2D eigenvalue weighted by atomic mass is 16.5. The average molecular weight is 192 g/mol. The van der Waals surface area contributed by atoms with Gasteiger partial charge < -0.3 is 9.53 Å². The van der Waals surface area contributed by atoms with Crippen LogP contribution in [0.1, 0.15) is 25.0 Å². The molecule has 0 N–H and O–H groups in total. The Labute approximate surface area is 84.9 Å². The topological polar surface area (TPSA) is 26.3 Å². The first-order valence-electron chi connectivity index (χ1n) is 4.65. The summed E-state index contributed by atoms with van der Waals surface area (Å²) in [7, 11) is 1.67. The Morgan fingerprint density at radius 2 is 1.86 bits per heavy atom. The summed E-state index contributed by atoms with van der Waals surface area (Å²) in [6, 6.07) is 7.93. The van der Waals surface area contributed by atoms with Crippen molar-refractivity contribution in [3.05, 3.63) is 35.4 Å². The monoisotopic (exact) mass is 192 g/mol. The van der Waals surface area contributed by atoms with E-state index in [1.807, 2.05) is 38.1 Å². The second kappa shape index (κ2) is 4.38. The molecule has 0 aliphatic heterocycles. The van der Waals surface area contributed by atoms with Crippen LogP contribution in [0.25, 0.3) is 0 Å². The van der Waals surface area contributed by atoms with Crippen LogP contribution in [0.4, 0.5) is 0 Å². The van der Waals surface area contributed by atoms with Gasteiger partial charge in [0, 0.05) is 12.5 Å². The first-order chi connectivity index (χ1) is 6.60. The molecule has 0 spiro atoms. The average Bonchev–Trinajstić information content (AvgIpc) is 2.19. The van der Waals surface area contributed by atoms with Crippen LogP contribution in [-0.4, -0.2) is 13.4 Å². The molecule has 76 valence electrons. The maximum Gasteiger partial charge on any atom is 0.129 e. The SMILES string of the molecule is COCc1ccc(C(C)(C)C=O)cc1. The molecule has 2 nitrogen and oxygen atoms in total. The van der Waals surface area contributed by atoms with Crippen LogP contribution in [0.15, 0.2) is 24.3 Å². The molecule has 0 amide bonds. The zero-order valence-corrected chi connectivity index (χ0v) is 8.91. The molecule has 0 heterocycles. The standard InChI is InChI=1S/C12H16O2/c1-12(2,9-13)11-6-4-10(5-7-11)8-14-3/h4-7,9H,8H2,1-3H3. The highest BCUT2D eigenvalue weighted by Gasteiger charge is 2.18. The second-order valence-corrected chi connectivity index (χ2v) is 3.97. The predicted molar refractivity (Wildman–Crippen MR) is 56.2 cm³/mol. The first-order valence-corrected chi connectivity index (χ1v) is 4.65. The van der Waals surface area contributed by atoms with E-state index < -0.39 is 5.41 Å². The van der Waals surface area contributed by atoms with Crippen molar-refractivity contribution < 1.29 is 9.53 Å². The van der Waals surface area contributed by atoms with Crippen molar-refractivity contribution in [1.82, 2.24) is 0 Å². The molecule has 0 aromatic heterocycles. The van der Waals surface area contributed by atoms with E-state index >= 15 is 0 Å². The van der Waals surface area contributed by atoms with Crippen molar-refractivity contribution in [3.8, 4) is 0 Å². The minimum Gasteiger partial charge on any atom is -0.380 e. The van der Waals surface area contributed by atoms with Crippen LogP contribution in [-0.2, 0) is 21.6 Å². The lowest BCUT2D eigenvalue weighted by atomic mass is 9.86.